The Morgan fingerprint density at radius 2 is 1.08 bits per heavy atom. The summed E-state index contributed by atoms with van der Waals surface area (Å²) in [5.74, 6) is 0.00893. The summed E-state index contributed by atoms with van der Waals surface area (Å²) in [6.45, 7) is 14.5. The van der Waals surface area contributed by atoms with E-state index >= 15 is 0 Å². The fourth-order valence-corrected chi connectivity index (χ4v) is 5.57. The number of aromatic nitrogens is 3. The lowest BCUT2D eigenvalue weighted by molar-refractivity contribution is -0.145. The number of nitrogens with one attached hydrogen (secondary N) is 6. The minimum absolute atomic E-state index is 0.0500. The zero-order valence-corrected chi connectivity index (χ0v) is 36.5. The monoisotopic (exact) mass is 855 g/mol. The minimum atomic E-state index is -0.594. The molecule has 0 unspecified atom stereocenters. The van der Waals surface area contributed by atoms with Crippen molar-refractivity contribution in [3.05, 3.63) is 35.9 Å². The Bertz CT molecular complexity index is 1640. The van der Waals surface area contributed by atoms with Crippen LogP contribution < -0.4 is 36.8 Å². The van der Waals surface area contributed by atoms with E-state index in [0.29, 0.717) is 77.6 Å². The minimum Gasteiger partial charge on any atom is -0.461 e. The second kappa shape index (κ2) is 25.6. The molecule has 0 saturated carbocycles. The van der Waals surface area contributed by atoms with Gasteiger partial charge < -0.3 is 55.9 Å². The lowest BCUT2D eigenvalue weighted by Crippen LogP contribution is -2.49. The molecule has 0 bridgehead atoms. The van der Waals surface area contributed by atoms with Gasteiger partial charge in [0.2, 0.25) is 35.6 Å². The number of carbonyl (C=O) groups excluding carboxylic acids is 6. The smallest absolute Gasteiger partial charge is 0.407 e. The molecule has 2 heterocycles. The van der Waals surface area contributed by atoms with Crippen molar-refractivity contribution >= 4 is 53.7 Å². The van der Waals surface area contributed by atoms with Crippen LogP contribution in [0.2, 0.25) is 0 Å². The zero-order valence-electron chi connectivity index (χ0n) is 36.5. The van der Waals surface area contributed by atoms with Crippen LogP contribution in [0.15, 0.2) is 30.3 Å². The first-order chi connectivity index (χ1) is 29.0. The molecule has 3 rings (SSSR count). The summed E-state index contributed by atoms with van der Waals surface area (Å²) >= 11 is 0. The van der Waals surface area contributed by atoms with Gasteiger partial charge in [-0.3, -0.25) is 19.2 Å². The highest BCUT2D eigenvalue weighted by Crippen LogP contribution is 2.17. The van der Waals surface area contributed by atoms with Crippen molar-refractivity contribution in [2.24, 2.45) is 0 Å². The molecule has 1 aliphatic rings. The number of amides is 5. The second-order valence-corrected chi connectivity index (χ2v) is 16.3. The Morgan fingerprint density at radius 1 is 0.590 bits per heavy atom. The number of carbonyl (C=O) groups is 6. The number of nitrogens with zero attached hydrogens (tertiary/aromatic N) is 5. The van der Waals surface area contributed by atoms with Gasteiger partial charge in [0.05, 0.1) is 0 Å². The molecule has 20 heteroatoms. The van der Waals surface area contributed by atoms with Crippen LogP contribution in [-0.4, -0.2) is 132 Å². The van der Waals surface area contributed by atoms with Crippen molar-refractivity contribution in [1.29, 1.82) is 0 Å². The highest BCUT2D eigenvalue weighted by molar-refractivity contribution is 5.78. The van der Waals surface area contributed by atoms with Crippen LogP contribution in [0, 0.1) is 0 Å². The van der Waals surface area contributed by atoms with E-state index in [1.54, 1.807) is 46.4 Å². The van der Waals surface area contributed by atoms with E-state index in [-0.39, 0.29) is 81.0 Å². The molecule has 2 aromatic rings. The Hall–Kier alpha value is -5.95. The van der Waals surface area contributed by atoms with E-state index in [1.807, 2.05) is 35.2 Å². The number of benzene rings is 1. The van der Waals surface area contributed by atoms with Gasteiger partial charge in [-0.2, -0.15) is 15.0 Å². The summed E-state index contributed by atoms with van der Waals surface area (Å²) in [7, 11) is 0. The average molecular weight is 856 g/mol. The number of esters is 1. The Labute approximate surface area is 358 Å². The zero-order chi connectivity index (χ0) is 44.7. The maximum Gasteiger partial charge on any atom is 0.407 e. The van der Waals surface area contributed by atoms with Gasteiger partial charge >= 0.3 is 18.2 Å². The molecule has 1 aromatic heterocycles. The summed E-state index contributed by atoms with van der Waals surface area (Å²) in [6, 6.07) is 9.41. The first-order valence-electron chi connectivity index (χ1n) is 20.9. The van der Waals surface area contributed by atoms with Gasteiger partial charge in [0.25, 0.3) is 0 Å². The van der Waals surface area contributed by atoms with E-state index in [9.17, 15) is 28.8 Å². The summed E-state index contributed by atoms with van der Waals surface area (Å²) in [5, 5.41) is 17.1. The highest BCUT2D eigenvalue weighted by atomic mass is 16.6. The molecule has 5 amide bonds. The Balaban J connectivity index is 1.47. The predicted octanol–water partition coefficient (Wildman–Crippen LogP) is 3.10. The molecule has 1 saturated heterocycles. The van der Waals surface area contributed by atoms with E-state index in [2.05, 4.69) is 46.9 Å². The third-order valence-electron chi connectivity index (χ3n) is 8.51. The standard InChI is InChI=1S/C41H65N11O9/c1-40(2,3)60-38(57)46-21-11-19-42-31(53)17-23-44-35-48-36(45-24-18-32(54)43-20-12-22-47-39(58)61-41(4,5)6)50-37(49-35)52-27-25-51(26-28-52)33(55)15-10-16-34(56)59-29-30-13-8-7-9-14-30/h7-9,13-14H,10-12,15-29H2,1-6H3,(H,42,53)(H,43,54)(H,46,57)(H,47,58)(H2,44,45,48,49,50). The van der Waals surface area contributed by atoms with E-state index < -0.39 is 23.4 Å². The maximum atomic E-state index is 13.0. The number of alkyl carbamates (subject to hydrolysis) is 2. The first kappa shape index (κ1) is 49.4. The van der Waals surface area contributed by atoms with E-state index in [4.69, 9.17) is 14.2 Å². The van der Waals surface area contributed by atoms with Gasteiger partial charge in [0.1, 0.15) is 17.8 Å². The summed E-state index contributed by atoms with van der Waals surface area (Å²) < 4.78 is 15.7. The SMILES string of the molecule is CC(C)(C)OC(=O)NCCCNC(=O)CCNc1nc(NCCC(=O)NCCCNC(=O)OC(C)(C)C)nc(N2CCN(C(=O)CCCC(=O)OCc3ccccc3)CC2)n1. The first-order valence-corrected chi connectivity index (χ1v) is 20.9. The third kappa shape index (κ3) is 22.3. The quantitative estimate of drug-likeness (QED) is 0.0534. The van der Waals surface area contributed by atoms with Gasteiger partial charge in [-0.05, 0) is 66.4 Å². The van der Waals surface area contributed by atoms with Crippen LogP contribution in [0.5, 0.6) is 0 Å². The number of piperazine rings is 1. The van der Waals surface area contributed by atoms with Gasteiger partial charge in [0.15, 0.2) is 0 Å². The van der Waals surface area contributed by atoms with Crippen LogP contribution in [-0.2, 0) is 40.0 Å². The van der Waals surface area contributed by atoms with Crippen LogP contribution >= 0.6 is 0 Å². The normalized spacial score (nSPS) is 12.8. The predicted molar refractivity (Wildman–Crippen MR) is 229 cm³/mol. The topological polar surface area (TPSA) is 247 Å². The number of rotatable bonds is 23. The molecule has 20 nitrogen and oxygen atoms in total. The van der Waals surface area contributed by atoms with Crippen molar-refractivity contribution < 1.29 is 43.0 Å². The van der Waals surface area contributed by atoms with E-state index in [1.165, 1.54) is 0 Å². The van der Waals surface area contributed by atoms with E-state index in [0.717, 1.165) is 5.56 Å². The summed E-state index contributed by atoms with van der Waals surface area (Å²) in [6.07, 6.45) is 1.04. The van der Waals surface area contributed by atoms with Crippen molar-refractivity contribution in [3.8, 4) is 0 Å². The summed E-state index contributed by atoms with van der Waals surface area (Å²) in [4.78, 5) is 91.1. The number of hydrogen-bond donors (Lipinski definition) is 6. The largest absolute Gasteiger partial charge is 0.461 e. The molecular formula is C41H65N11O9. The molecule has 1 fully saturated rings. The fourth-order valence-electron chi connectivity index (χ4n) is 5.57. The Morgan fingerprint density at radius 3 is 1.57 bits per heavy atom. The van der Waals surface area contributed by atoms with Crippen LogP contribution in [0.25, 0.3) is 0 Å². The lowest BCUT2D eigenvalue weighted by Gasteiger charge is -2.35. The van der Waals surface area contributed by atoms with Crippen LogP contribution in [0.1, 0.15) is 92.1 Å². The van der Waals surface area contributed by atoms with Crippen molar-refractivity contribution in [1.82, 2.24) is 41.1 Å². The molecule has 61 heavy (non-hydrogen) atoms. The van der Waals surface area contributed by atoms with Crippen molar-refractivity contribution in [3.63, 3.8) is 0 Å². The molecule has 0 aliphatic carbocycles. The molecule has 0 spiro atoms. The lowest BCUT2D eigenvalue weighted by atomic mass is 10.2. The second-order valence-electron chi connectivity index (χ2n) is 16.3. The molecule has 6 N–H and O–H groups in total. The third-order valence-corrected chi connectivity index (χ3v) is 8.51. The number of hydrogen-bond acceptors (Lipinski definition) is 15. The highest BCUT2D eigenvalue weighted by Gasteiger charge is 2.24. The number of anilines is 3. The molecule has 338 valence electrons. The molecule has 1 aromatic carbocycles. The number of ether oxygens (including phenoxy) is 3. The Kier molecular flexibility index (Phi) is 20.8. The van der Waals surface area contributed by atoms with Crippen LogP contribution in [0.3, 0.4) is 0 Å². The van der Waals surface area contributed by atoms with Gasteiger partial charge in [0, 0.05) is 91.1 Å². The summed E-state index contributed by atoms with van der Waals surface area (Å²) in [5.41, 5.74) is -0.288. The van der Waals surface area contributed by atoms with Gasteiger partial charge in [-0.25, -0.2) is 9.59 Å². The molecule has 0 atom stereocenters. The fraction of sp³-hybridized carbons (Fsp3) is 0.634. The molecule has 0 radical (unpaired) electrons. The van der Waals surface area contributed by atoms with Gasteiger partial charge in [-0.15, -0.1) is 0 Å². The van der Waals surface area contributed by atoms with Crippen molar-refractivity contribution in [2.75, 3.05) is 81.0 Å². The van der Waals surface area contributed by atoms with Crippen LogP contribution in [0.4, 0.5) is 27.4 Å². The van der Waals surface area contributed by atoms with Crippen molar-refractivity contribution in [2.45, 2.75) is 104 Å². The molecular weight excluding hydrogens is 791 g/mol. The van der Waals surface area contributed by atoms with Gasteiger partial charge in [-0.1, -0.05) is 30.3 Å². The maximum absolute atomic E-state index is 13.0. The molecule has 1 aliphatic heterocycles. The average Bonchev–Trinajstić information content (AvgIpc) is 3.19.